The molecule has 110 valence electrons. The zero-order valence-corrected chi connectivity index (χ0v) is 14.5. The van der Waals surface area contributed by atoms with E-state index in [2.05, 4.69) is 16.9 Å². The predicted octanol–water partition coefficient (Wildman–Crippen LogP) is 1.33. The van der Waals surface area contributed by atoms with Crippen molar-refractivity contribution in [3.8, 4) is 5.75 Å². The molecule has 0 radical (unpaired) electrons. The van der Waals surface area contributed by atoms with Crippen molar-refractivity contribution in [2.45, 2.75) is 6.42 Å². The molecule has 21 heavy (non-hydrogen) atoms. The third kappa shape index (κ3) is 3.25. The van der Waals surface area contributed by atoms with Gasteiger partial charge >= 0.3 is 0 Å². The van der Waals surface area contributed by atoms with E-state index in [4.69, 9.17) is 27.9 Å². The highest BCUT2D eigenvalue weighted by Gasteiger charge is 2.22. The molecule has 0 amide bonds. The number of fused-ring (bicyclic) bond motifs is 1. The number of halogens is 3. The largest absolute Gasteiger partial charge is 1.00 e. The van der Waals surface area contributed by atoms with Crippen molar-refractivity contribution in [2.24, 2.45) is 0 Å². The fourth-order valence-corrected chi connectivity index (χ4v) is 3.01. The summed E-state index contributed by atoms with van der Waals surface area (Å²) >= 11 is 12.2. The van der Waals surface area contributed by atoms with Gasteiger partial charge in [0.1, 0.15) is 10.8 Å². The summed E-state index contributed by atoms with van der Waals surface area (Å²) in [6.07, 6.45) is 3.05. The van der Waals surface area contributed by atoms with E-state index in [1.807, 2.05) is 24.3 Å². The van der Waals surface area contributed by atoms with Gasteiger partial charge in [0.15, 0.2) is 12.8 Å². The zero-order valence-electron chi connectivity index (χ0n) is 11.4. The van der Waals surface area contributed by atoms with E-state index in [0.29, 0.717) is 10.0 Å². The molecule has 2 aromatic carbocycles. The van der Waals surface area contributed by atoms with Gasteiger partial charge in [-0.2, -0.15) is 4.58 Å². The van der Waals surface area contributed by atoms with Crippen LogP contribution in [0.4, 0.5) is 5.69 Å². The highest BCUT2D eigenvalue weighted by molar-refractivity contribution is 6.36. The summed E-state index contributed by atoms with van der Waals surface area (Å²) in [7, 11) is 1.69. The Bertz CT molecular complexity index is 701. The van der Waals surface area contributed by atoms with Crippen LogP contribution < -0.4 is 21.7 Å². The SMILES string of the molecule is COc1cccc2c1C=[N+](c1ccc(Cl)cc1Cl)CC2.[Br-]. The highest BCUT2D eigenvalue weighted by atomic mass is 79.9. The summed E-state index contributed by atoms with van der Waals surface area (Å²) in [6.45, 7) is 0.890. The molecule has 0 aliphatic carbocycles. The maximum atomic E-state index is 6.29. The van der Waals surface area contributed by atoms with Gasteiger partial charge in [0.05, 0.1) is 12.7 Å². The second kappa shape index (κ2) is 6.82. The molecule has 0 spiro atoms. The van der Waals surface area contributed by atoms with Crippen LogP contribution in [0.1, 0.15) is 11.1 Å². The van der Waals surface area contributed by atoms with E-state index in [9.17, 15) is 0 Å². The fraction of sp³-hybridized carbons (Fsp3) is 0.188. The number of nitrogens with zero attached hydrogens (tertiary/aromatic N) is 1. The van der Waals surface area contributed by atoms with Gasteiger partial charge in [-0.25, -0.2) is 0 Å². The number of hydrogen-bond acceptors (Lipinski definition) is 1. The lowest BCUT2D eigenvalue weighted by Gasteiger charge is -2.15. The minimum Gasteiger partial charge on any atom is -1.00 e. The molecule has 0 fully saturated rings. The molecular formula is C16H14BrCl2NO. The minimum absolute atomic E-state index is 0. The molecule has 1 heterocycles. The molecule has 5 heteroatoms. The van der Waals surface area contributed by atoms with Crippen LogP contribution in [-0.2, 0) is 6.42 Å². The van der Waals surface area contributed by atoms with Crippen LogP contribution >= 0.6 is 23.2 Å². The Morgan fingerprint density at radius 3 is 2.67 bits per heavy atom. The average molecular weight is 387 g/mol. The van der Waals surface area contributed by atoms with Crippen molar-refractivity contribution in [2.75, 3.05) is 13.7 Å². The summed E-state index contributed by atoms with van der Waals surface area (Å²) in [5, 5.41) is 1.31. The molecule has 1 aliphatic rings. The molecule has 0 unspecified atom stereocenters. The molecule has 1 aliphatic heterocycles. The summed E-state index contributed by atoms with van der Waals surface area (Å²) in [5.41, 5.74) is 3.38. The Balaban J connectivity index is 0.00000161. The maximum absolute atomic E-state index is 6.29. The number of rotatable bonds is 2. The van der Waals surface area contributed by atoms with E-state index < -0.39 is 0 Å². The third-order valence-electron chi connectivity index (χ3n) is 3.50. The van der Waals surface area contributed by atoms with Gasteiger partial charge in [0.25, 0.3) is 0 Å². The van der Waals surface area contributed by atoms with Crippen molar-refractivity contribution in [3.63, 3.8) is 0 Å². The van der Waals surface area contributed by atoms with E-state index in [0.717, 1.165) is 30.0 Å². The monoisotopic (exact) mass is 385 g/mol. The Hall–Kier alpha value is -1.03. The van der Waals surface area contributed by atoms with Crippen molar-refractivity contribution in [1.82, 2.24) is 0 Å². The maximum Gasteiger partial charge on any atom is 0.224 e. The summed E-state index contributed by atoms with van der Waals surface area (Å²) in [5.74, 6) is 0.886. The van der Waals surface area contributed by atoms with Gasteiger partial charge in [-0.15, -0.1) is 0 Å². The van der Waals surface area contributed by atoms with E-state index in [-0.39, 0.29) is 17.0 Å². The molecule has 0 N–H and O–H groups in total. The number of methoxy groups -OCH3 is 1. The Morgan fingerprint density at radius 1 is 1.14 bits per heavy atom. The van der Waals surface area contributed by atoms with Crippen LogP contribution in [0.2, 0.25) is 10.0 Å². The third-order valence-corrected chi connectivity index (χ3v) is 4.04. The molecule has 0 aromatic heterocycles. The Kier molecular flexibility index (Phi) is 5.31. The van der Waals surface area contributed by atoms with E-state index in [1.165, 1.54) is 5.56 Å². The number of hydrogen-bond donors (Lipinski definition) is 0. The molecule has 2 aromatic rings. The molecule has 0 bridgehead atoms. The molecule has 0 atom stereocenters. The first kappa shape index (κ1) is 16.3. The van der Waals surface area contributed by atoms with Crippen LogP contribution in [-0.4, -0.2) is 24.4 Å². The second-order valence-electron chi connectivity index (χ2n) is 4.70. The lowest BCUT2D eigenvalue weighted by atomic mass is 10.0. The molecule has 2 nitrogen and oxygen atoms in total. The molecule has 0 saturated heterocycles. The van der Waals surface area contributed by atoms with Gasteiger partial charge < -0.3 is 21.7 Å². The summed E-state index contributed by atoms with van der Waals surface area (Å²) in [4.78, 5) is 0. The lowest BCUT2D eigenvalue weighted by molar-refractivity contribution is -0.436. The van der Waals surface area contributed by atoms with Crippen LogP contribution in [0.15, 0.2) is 36.4 Å². The molecular weight excluding hydrogens is 373 g/mol. The zero-order chi connectivity index (χ0) is 14.1. The predicted molar refractivity (Wildman–Crippen MR) is 83.1 cm³/mol. The van der Waals surface area contributed by atoms with Gasteiger partial charge in [-0.3, -0.25) is 0 Å². The van der Waals surface area contributed by atoms with Crippen molar-refractivity contribution in [1.29, 1.82) is 0 Å². The first-order valence-corrected chi connectivity index (χ1v) is 7.17. The Morgan fingerprint density at radius 2 is 1.95 bits per heavy atom. The van der Waals surface area contributed by atoms with E-state index >= 15 is 0 Å². The van der Waals surface area contributed by atoms with Crippen LogP contribution in [0.25, 0.3) is 0 Å². The first-order valence-electron chi connectivity index (χ1n) is 6.41. The van der Waals surface area contributed by atoms with Crippen LogP contribution in [0.3, 0.4) is 0 Å². The van der Waals surface area contributed by atoms with Gasteiger partial charge in [0.2, 0.25) is 5.69 Å². The van der Waals surface area contributed by atoms with Gasteiger partial charge in [0, 0.05) is 17.5 Å². The quantitative estimate of drug-likeness (QED) is 0.709. The highest BCUT2D eigenvalue weighted by Crippen LogP contribution is 2.30. The lowest BCUT2D eigenvalue weighted by Crippen LogP contribution is -3.00. The smallest absolute Gasteiger partial charge is 0.224 e. The average Bonchev–Trinajstić information content (AvgIpc) is 2.46. The molecule has 3 rings (SSSR count). The van der Waals surface area contributed by atoms with Crippen molar-refractivity contribution >= 4 is 35.1 Å². The Labute approximate surface area is 144 Å². The minimum atomic E-state index is 0. The number of ether oxygens (including phenoxy) is 1. The standard InChI is InChI=1S/C16H14Cl2NO.BrH/c1-20-16-4-2-3-11-7-8-19(10-13(11)16)15-6-5-12(17)9-14(15)18;/h2-6,9-10H,7-8H2,1H3;1H/q+1;/p-1. The van der Waals surface area contributed by atoms with Crippen molar-refractivity contribution in [3.05, 3.63) is 57.6 Å². The first-order chi connectivity index (χ1) is 9.69. The van der Waals surface area contributed by atoms with Crippen LogP contribution in [0.5, 0.6) is 5.75 Å². The fourth-order valence-electron chi connectivity index (χ4n) is 2.50. The van der Waals surface area contributed by atoms with Crippen molar-refractivity contribution < 1.29 is 26.3 Å². The number of benzene rings is 2. The van der Waals surface area contributed by atoms with Gasteiger partial charge in [-0.05, 0) is 23.8 Å². The van der Waals surface area contributed by atoms with E-state index in [1.54, 1.807) is 13.2 Å². The second-order valence-corrected chi connectivity index (χ2v) is 5.54. The summed E-state index contributed by atoms with van der Waals surface area (Å²) in [6, 6.07) is 11.7. The van der Waals surface area contributed by atoms with Crippen LogP contribution in [0, 0.1) is 0 Å². The topological polar surface area (TPSA) is 12.2 Å². The molecule has 0 saturated carbocycles. The normalized spacial score (nSPS) is 13.0. The summed E-state index contributed by atoms with van der Waals surface area (Å²) < 4.78 is 7.58. The van der Waals surface area contributed by atoms with Gasteiger partial charge in [-0.1, -0.05) is 35.3 Å².